The minimum atomic E-state index is 0.196. The molecule has 0 aliphatic heterocycles. The van der Waals surface area contributed by atoms with E-state index < -0.39 is 0 Å². The highest BCUT2D eigenvalue weighted by Gasteiger charge is 2.03. The van der Waals surface area contributed by atoms with Crippen LogP contribution in [0.1, 0.15) is 12.8 Å². The van der Waals surface area contributed by atoms with E-state index in [0.717, 1.165) is 12.8 Å². The molecule has 0 heterocycles. The predicted octanol–water partition coefficient (Wildman–Crippen LogP) is 1.62. The van der Waals surface area contributed by atoms with Gasteiger partial charge in [-0.25, -0.2) is 0 Å². The minimum absolute atomic E-state index is 0.196. The van der Waals surface area contributed by atoms with E-state index in [1.54, 1.807) is 0 Å². The van der Waals surface area contributed by atoms with E-state index >= 15 is 0 Å². The molecule has 0 aromatic rings. The molecule has 0 fully saturated rings. The summed E-state index contributed by atoms with van der Waals surface area (Å²) in [5.74, 6) is 0. The van der Waals surface area contributed by atoms with Crippen LogP contribution in [-0.2, 0) is 9.16 Å². The third-order valence-corrected chi connectivity index (χ3v) is 1.60. The van der Waals surface area contributed by atoms with Crippen LogP contribution < -0.4 is 0 Å². The zero-order valence-electron chi connectivity index (χ0n) is 7.29. The normalized spacial score (nSPS) is 10.2. The summed E-state index contributed by atoms with van der Waals surface area (Å²) >= 11 is 0. The van der Waals surface area contributed by atoms with Gasteiger partial charge in [-0.2, -0.15) is 0 Å². The molecule has 67 valence electrons. The SMILES string of the molecule is C=CCC(CC=C)OCCO[Si]. The summed E-state index contributed by atoms with van der Waals surface area (Å²) in [5.41, 5.74) is 0. The van der Waals surface area contributed by atoms with Crippen molar-refractivity contribution in [1.82, 2.24) is 0 Å². The van der Waals surface area contributed by atoms with Crippen LogP contribution in [0.15, 0.2) is 25.3 Å². The second kappa shape index (κ2) is 8.71. The van der Waals surface area contributed by atoms with Crippen molar-refractivity contribution < 1.29 is 9.16 Å². The first kappa shape index (κ1) is 11.6. The summed E-state index contributed by atoms with van der Waals surface area (Å²) in [6.07, 6.45) is 5.61. The van der Waals surface area contributed by atoms with Crippen LogP contribution in [0.3, 0.4) is 0 Å². The molecule has 0 atom stereocenters. The van der Waals surface area contributed by atoms with Crippen molar-refractivity contribution in [2.45, 2.75) is 18.9 Å². The average molecular weight is 183 g/mol. The van der Waals surface area contributed by atoms with E-state index in [1.807, 2.05) is 12.2 Å². The smallest absolute Gasteiger partial charge is 0.246 e. The Hall–Kier alpha value is -0.383. The molecule has 12 heavy (non-hydrogen) atoms. The lowest BCUT2D eigenvalue weighted by Gasteiger charge is -2.13. The topological polar surface area (TPSA) is 18.5 Å². The van der Waals surface area contributed by atoms with Crippen LogP contribution in [0.5, 0.6) is 0 Å². The van der Waals surface area contributed by atoms with Crippen molar-refractivity contribution in [3.8, 4) is 0 Å². The fourth-order valence-corrected chi connectivity index (χ4v) is 0.944. The molecule has 3 heteroatoms. The average Bonchev–Trinajstić information content (AvgIpc) is 2.06. The Kier molecular flexibility index (Phi) is 8.43. The Morgan fingerprint density at radius 3 is 2.17 bits per heavy atom. The Morgan fingerprint density at radius 2 is 1.75 bits per heavy atom. The molecule has 0 aromatic heterocycles. The first-order chi connectivity index (χ1) is 5.85. The molecule has 0 N–H and O–H groups in total. The Morgan fingerprint density at radius 1 is 1.17 bits per heavy atom. The number of hydrogen-bond acceptors (Lipinski definition) is 2. The van der Waals surface area contributed by atoms with Gasteiger partial charge in [0.25, 0.3) is 0 Å². The fourth-order valence-electron chi connectivity index (χ4n) is 0.861. The Balaban J connectivity index is 3.47. The van der Waals surface area contributed by atoms with Gasteiger partial charge >= 0.3 is 0 Å². The van der Waals surface area contributed by atoms with Crippen molar-refractivity contribution in [3.63, 3.8) is 0 Å². The molecule has 0 bridgehead atoms. The molecule has 0 saturated heterocycles. The van der Waals surface area contributed by atoms with E-state index in [-0.39, 0.29) is 6.10 Å². The van der Waals surface area contributed by atoms with Crippen LogP contribution in [0.2, 0.25) is 0 Å². The monoisotopic (exact) mass is 183 g/mol. The lowest BCUT2D eigenvalue weighted by Crippen LogP contribution is -2.14. The number of rotatable bonds is 8. The number of hydrogen-bond donors (Lipinski definition) is 0. The summed E-state index contributed by atoms with van der Waals surface area (Å²) in [6.45, 7) is 8.46. The quantitative estimate of drug-likeness (QED) is 0.323. The molecule has 0 aliphatic carbocycles. The maximum atomic E-state index is 5.46. The van der Waals surface area contributed by atoms with Crippen molar-refractivity contribution in [3.05, 3.63) is 25.3 Å². The molecule has 0 saturated carbocycles. The summed E-state index contributed by atoms with van der Waals surface area (Å²) in [4.78, 5) is 0. The molecule has 0 rings (SSSR count). The summed E-state index contributed by atoms with van der Waals surface area (Å²) < 4.78 is 10.1. The van der Waals surface area contributed by atoms with Crippen molar-refractivity contribution in [2.24, 2.45) is 0 Å². The second-order valence-corrected chi connectivity index (χ2v) is 2.68. The van der Waals surface area contributed by atoms with E-state index in [1.165, 1.54) is 0 Å². The van der Waals surface area contributed by atoms with Gasteiger partial charge < -0.3 is 9.16 Å². The lowest BCUT2D eigenvalue weighted by atomic mass is 10.2. The third kappa shape index (κ3) is 6.33. The largest absolute Gasteiger partial charge is 0.416 e. The summed E-state index contributed by atoms with van der Waals surface area (Å²) in [7, 11) is 2.90. The van der Waals surface area contributed by atoms with Gasteiger partial charge in [0.2, 0.25) is 10.5 Å². The van der Waals surface area contributed by atoms with Gasteiger partial charge in [-0.3, -0.25) is 0 Å². The van der Waals surface area contributed by atoms with E-state index in [9.17, 15) is 0 Å². The van der Waals surface area contributed by atoms with E-state index in [4.69, 9.17) is 4.74 Å². The molecule has 0 unspecified atom stereocenters. The maximum Gasteiger partial charge on any atom is 0.246 e. The van der Waals surface area contributed by atoms with Gasteiger partial charge in [0, 0.05) is 0 Å². The number of ether oxygens (including phenoxy) is 1. The van der Waals surface area contributed by atoms with Crippen LogP contribution in [0.4, 0.5) is 0 Å². The summed E-state index contributed by atoms with van der Waals surface area (Å²) in [5, 5.41) is 0. The third-order valence-electron chi connectivity index (χ3n) is 1.40. The van der Waals surface area contributed by atoms with Crippen LogP contribution >= 0.6 is 0 Å². The van der Waals surface area contributed by atoms with Gasteiger partial charge in [-0.05, 0) is 12.8 Å². The Bertz CT molecular complexity index is 116. The zero-order valence-corrected chi connectivity index (χ0v) is 8.29. The predicted molar refractivity (Wildman–Crippen MR) is 51.1 cm³/mol. The first-order valence-corrected chi connectivity index (χ1v) is 4.37. The standard InChI is InChI=1S/C9H15O2Si/c1-3-5-9(6-4-2)10-7-8-11-12/h3-4,9H,1-2,5-8H2. The molecule has 2 nitrogen and oxygen atoms in total. The van der Waals surface area contributed by atoms with Crippen LogP contribution in [0.25, 0.3) is 0 Å². The highest BCUT2D eigenvalue weighted by atomic mass is 28.2. The van der Waals surface area contributed by atoms with Crippen LogP contribution in [-0.4, -0.2) is 29.8 Å². The van der Waals surface area contributed by atoms with Gasteiger partial charge in [0.05, 0.1) is 19.3 Å². The molecule has 0 aliphatic rings. The fraction of sp³-hybridized carbons (Fsp3) is 0.556. The molecule has 0 aromatic carbocycles. The minimum Gasteiger partial charge on any atom is -0.416 e. The van der Waals surface area contributed by atoms with Gasteiger partial charge in [-0.1, -0.05) is 12.2 Å². The molecule has 0 amide bonds. The van der Waals surface area contributed by atoms with Gasteiger partial charge in [0.1, 0.15) is 0 Å². The van der Waals surface area contributed by atoms with Crippen LogP contribution in [0, 0.1) is 0 Å². The Labute approximate surface area is 77.8 Å². The lowest BCUT2D eigenvalue weighted by molar-refractivity contribution is 0.0390. The first-order valence-electron chi connectivity index (χ1n) is 3.97. The zero-order chi connectivity index (χ0) is 9.23. The van der Waals surface area contributed by atoms with Crippen molar-refractivity contribution >= 4 is 10.5 Å². The molecule has 3 radical (unpaired) electrons. The summed E-state index contributed by atoms with van der Waals surface area (Å²) in [6, 6.07) is 0. The highest BCUT2D eigenvalue weighted by molar-refractivity contribution is 5.97. The molecular formula is C9H15O2Si. The van der Waals surface area contributed by atoms with Gasteiger partial charge in [-0.15, -0.1) is 13.2 Å². The molecular weight excluding hydrogens is 168 g/mol. The maximum absolute atomic E-state index is 5.46. The van der Waals surface area contributed by atoms with Crippen molar-refractivity contribution in [2.75, 3.05) is 13.2 Å². The van der Waals surface area contributed by atoms with Gasteiger partial charge in [0.15, 0.2) is 0 Å². The van der Waals surface area contributed by atoms with E-state index in [2.05, 4.69) is 28.1 Å². The molecule has 0 spiro atoms. The second-order valence-electron chi connectivity index (χ2n) is 2.39. The van der Waals surface area contributed by atoms with E-state index in [0.29, 0.717) is 13.2 Å². The highest BCUT2D eigenvalue weighted by Crippen LogP contribution is 2.04. The van der Waals surface area contributed by atoms with Crippen molar-refractivity contribution in [1.29, 1.82) is 0 Å².